The van der Waals surface area contributed by atoms with E-state index in [0.717, 1.165) is 11.1 Å². The van der Waals surface area contributed by atoms with Crippen molar-refractivity contribution in [2.24, 2.45) is 0 Å². The Morgan fingerprint density at radius 2 is 1.58 bits per heavy atom. The topological polar surface area (TPSA) is 108 Å². The normalized spacial score (nSPS) is 10.9. The molecule has 0 aliphatic carbocycles. The lowest BCUT2D eigenvalue weighted by atomic mass is 10.1. The van der Waals surface area contributed by atoms with Gasteiger partial charge in [0.15, 0.2) is 5.82 Å². The van der Waals surface area contributed by atoms with Gasteiger partial charge in [-0.15, -0.1) is 0 Å². The lowest BCUT2D eigenvalue weighted by molar-refractivity contribution is -0.386. The quantitative estimate of drug-likeness (QED) is 0.338. The van der Waals surface area contributed by atoms with Crippen LogP contribution in [0.4, 0.5) is 11.5 Å². The van der Waals surface area contributed by atoms with Gasteiger partial charge in [-0.1, -0.05) is 42.0 Å². The van der Waals surface area contributed by atoms with Crippen molar-refractivity contribution < 1.29 is 9.72 Å². The summed E-state index contributed by atoms with van der Waals surface area (Å²) in [4.78, 5) is 23.4. The highest BCUT2D eigenvalue weighted by Gasteiger charge is 2.21. The van der Waals surface area contributed by atoms with Gasteiger partial charge in [0.25, 0.3) is 5.91 Å². The molecule has 0 bridgehead atoms. The minimum Gasteiger partial charge on any atom is -0.305 e. The predicted octanol–water partition coefficient (Wildman–Crippen LogP) is 4.26. The number of nitro groups is 1. The first-order valence-electron chi connectivity index (χ1n) is 10.5. The van der Waals surface area contributed by atoms with Crippen LogP contribution in [0.15, 0.2) is 60.8 Å². The molecule has 0 saturated heterocycles. The Labute approximate surface area is 190 Å². The van der Waals surface area contributed by atoms with Crippen molar-refractivity contribution in [1.29, 1.82) is 0 Å². The second-order valence-electron chi connectivity index (χ2n) is 7.97. The molecular formula is C24H24N6O3. The highest BCUT2D eigenvalue weighted by atomic mass is 16.6. The monoisotopic (exact) mass is 444 g/mol. The Morgan fingerprint density at radius 3 is 2.21 bits per heavy atom. The molecule has 0 atom stereocenters. The zero-order valence-corrected chi connectivity index (χ0v) is 18.6. The van der Waals surface area contributed by atoms with Crippen molar-refractivity contribution in [2.75, 3.05) is 5.32 Å². The number of nitrogens with zero attached hydrogens (tertiary/aromatic N) is 5. The van der Waals surface area contributed by atoms with Gasteiger partial charge >= 0.3 is 5.69 Å². The summed E-state index contributed by atoms with van der Waals surface area (Å²) in [6.45, 7) is 6.35. The SMILES string of the molecule is Cc1ccc(Cn2ccc(NC(=O)c3ccc(Cn4nc(C)c([N+](=O)[O-])c4C)cc3)n2)cc1. The van der Waals surface area contributed by atoms with E-state index in [2.05, 4.69) is 39.8 Å². The van der Waals surface area contributed by atoms with Crippen LogP contribution < -0.4 is 5.32 Å². The molecule has 0 fully saturated rings. The zero-order valence-electron chi connectivity index (χ0n) is 18.6. The molecular weight excluding hydrogens is 420 g/mol. The minimum atomic E-state index is -0.413. The summed E-state index contributed by atoms with van der Waals surface area (Å²) in [5.41, 5.74) is 4.63. The van der Waals surface area contributed by atoms with Gasteiger partial charge in [-0.3, -0.25) is 24.3 Å². The second kappa shape index (κ2) is 9.07. The number of aryl methyl sites for hydroxylation is 2. The molecule has 1 N–H and O–H groups in total. The van der Waals surface area contributed by atoms with E-state index in [9.17, 15) is 14.9 Å². The first-order valence-corrected chi connectivity index (χ1v) is 10.5. The lowest BCUT2D eigenvalue weighted by Crippen LogP contribution is -2.13. The third kappa shape index (κ3) is 4.98. The molecule has 0 aliphatic heterocycles. The van der Waals surface area contributed by atoms with E-state index in [4.69, 9.17) is 0 Å². The number of anilines is 1. The molecule has 2 heterocycles. The van der Waals surface area contributed by atoms with Crippen LogP contribution in [0.2, 0.25) is 0 Å². The Morgan fingerprint density at radius 1 is 0.939 bits per heavy atom. The molecule has 4 rings (SSSR count). The number of hydrogen-bond acceptors (Lipinski definition) is 5. The highest BCUT2D eigenvalue weighted by Crippen LogP contribution is 2.22. The fourth-order valence-corrected chi connectivity index (χ4v) is 3.63. The fraction of sp³-hybridized carbons (Fsp3) is 0.208. The molecule has 9 nitrogen and oxygen atoms in total. The summed E-state index contributed by atoms with van der Waals surface area (Å²) in [6.07, 6.45) is 1.83. The van der Waals surface area contributed by atoms with E-state index in [-0.39, 0.29) is 11.6 Å². The fourth-order valence-electron chi connectivity index (χ4n) is 3.63. The average molecular weight is 444 g/mol. The molecule has 0 unspecified atom stereocenters. The van der Waals surface area contributed by atoms with Gasteiger partial charge in [-0.05, 0) is 44.0 Å². The Bertz CT molecular complexity index is 1300. The predicted molar refractivity (Wildman–Crippen MR) is 124 cm³/mol. The van der Waals surface area contributed by atoms with Crippen molar-refractivity contribution in [3.8, 4) is 0 Å². The van der Waals surface area contributed by atoms with E-state index < -0.39 is 4.92 Å². The molecule has 0 spiro atoms. The van der Waals surface area contributed by atoms with E-state index in [1.807, 2.05) is 25.3 Å². The molecule has 33 heavy (non-hydrogen) atoms. The molecule has 1 amide bonds. The molecule has 2 aromatic heterocycles. The largest absolute Gasteiger partial charge is 0.312 e. The van der Waals surface area contributed by atoms with Crippen LogP contribution in [-0.2, 0) is 13.1 Å². The minimum absolute atomic E-state index is 0.0350. The van der Waals surface area contributed by atoms with E-state index >= 15 is 0 Å². The summed E-state index contributed by atoms with van der Waals surface area (Å²) in [5.74, 6) is 0.218. The van der Waals surface area contributed by atoms with Crippen LogP contribution >= 0.6 is 0 Å². The van der Waals surface area contributed by atoms with Crippen LogP contribution in [0, 0.1) is 30.9 Å². The third-order valence-electron chi connectivity index (χ3n) is 5.42. The molecule has 0 aliphatic rings. The maximum Gasteiger partial charge on any atom is 0.312 e. The highest BCUT2D eigenvalue weighted by molar-refractivity contribution is 6.03. The average Bonchev–Trinajstić information content (AvgIpc) is 3.33. The van der Waals surface area contributed by atoms with Crippen LogP contribution in [-0.4, -0.2) is 30.4 Å². The number of benzene rings is 2. The van der Waals surface area contributed by atoms with Crippen LogP contribution in [0.1, 0.15) is 38.4 Å². The smallest absolute Gasteiger partial charge is 0.305 e. The molecule has 168 valence electrons. The van der Waals surface area contributed by atoms with Crippen molar-refractivity contribution >= 4 is 17.4 Å². The number of carbonyl (C=O) groups is 1. The van der Waals surface area contributed by atoms with E-state index in [0.29, 0.717) is 35.9 Å². The van der Waals surface area contributed by atoms with Crippen LogP contribution in [0.5, 0.6) is 0 Å². The van der Waals surface area contributed by atoms with Gasteiger partial charge < -0.3 is 5.32 Å². The molecule has 9 heteroatoms. The molecule has 0 saturated carbocycles. The summed E-state index contributed by atoms with van der Waals surface area (Å²) in [6, 6.07) is 17.0. The number of rotatable bonds is 7. The van der Waals surface area contributed by atoms with Crippen molar-refractivity contribution in [1.82, 2.24) is 19.6 Å². The van der Waals surface area contributed by atoms with Crippen molar-refractivity contribution in [3.05, 3.63) is 105 Å². The number of aromatic nitrogens is 4. The summed E-state index contributed by atoms with van der Waals surface area (Å²) in [5, 5.41) is 22.7. The number of hydrogen-bond donors (Lipinski definition) is 1. The lowest BCUT2D eigenvalue weighted by Gasteiger charge is -2.06. The molecule has 2 aromatic carbocycles. The maximum absolute atomic E-state index is 12.6. The maximum atomic E-state index is 12.6. The van der Waals surface area contributed by atoms with Gasteiger partial charge in [0.2, 0.25) is 0 Å². The number of nitrogens with one attached hydrogen (secondary N) is 1. The Hall–Kier alpha value is -4.27. The summed E-state index contributed by atoms with van der Waals surface area (Å²) in [7, 11) is 0. The standard InChI is InChI=1S/C24H24N6O3/c1-16-4-6-19(7-5-16)14-28-13-12-22(27-28)25-24(31)21-10-8-20(9-11-21)15-29-18(3)23(30(32)33)17(2)26-29/h4-13H,14-15H2,1-3H3,(H,25,27,31). The first-order chi connectivity index (χ1) is 15.8. The number of carbonyl (C=O) groups excluding carboxylic acids is 1. The molecule has 0 radical (unpaired) electrons. The number of amides is 1. The second-order valence-corrected chi connectivity index (χ2v) is 7.97. The van der Waals surface area contributed by atoms with Crippen LogP contribution in [0.3, 0.4) is 0 Å². The van der Waals surface area contributed by atoms with Gasteiger partial charge in [0.1, 0.15) is 11.4 Å². The third-order valence-corrected chi connectivity index (χ3v) is 5.42. The zero-order chi connectivity index (χ0) is 23.5. The Kier molecular flexibility index (Phi) is 6.03. The van der Waals surface area contributed by atoms with E-state index in [1.54, 1.807) is 41.4 Å². The van der Waals surface area contributed by atoms with E-state index in [1.165, 1.54) is 5.56 Å². The van der Waals surface area contributed by atoms with Gasteiger partial charge in [-0.2, -0.15) is 10.2 Å². The summed E-state index contributed by atoms with van der Waals surface area (Å²) >= 11 is 0. The van der Waals surface area contributed by atoms with Gasteiger partial charge in [-0.25, -0.2) is 0 Å². The summed E-state index contributed by atoms with van der Waals surface area (Å²) < 4.78 is 3.38. The van der Waals surface area contributed by atoms with Crippen LogP contribution in [0.25, 0.3) is 0 Å². The molecule has 4 aromatic rings. The van der Waals surface area contributed by atoms with Gasteiger partial charge in [0, 0.05) is 17.8 Å². The van der Waals surface area contributed by atoms with Crippen molar-refractivity contribution in [3.63, 3.8) is 0 Å². The van der Waals surface area contributed by atoms with Gasteiger partial charge in [0.05, 0.1) is 18.0 Å². The Balaban J connectivity index is 1.39. The van der Waals surface area contributed by atoms with Crippen molar-refractivity contribution in [2.45, 2.75) is 33.9 Å². The first kappa shape index (κ1) is 21.9.